The Bertz CT molecular complexity index is 659. The second kappa shape index (κ2) is 7.25. The van der Waals surface area contributed by atoms with Gasteiger partial charge in [0.05, 0.1) is 5.41 Å². The Morgan fingerprint density at radius 3 is 2.08 bits per heavy atom. The highest BCUT2D eigenvalue weighted by atomic mass is 16.2. The molecule has 0 unspecified atom stereocenters. The molecule has 25 heavy (non-hydrogen) atoms. The minimum Gasteiger partial charge on any atom is -0.353 e. The minimum absolute atomic E-state index is 0.0134. The van der Waals surface area contributed by atoms with Crippen LogP contribution in [-0.2, 0) is 14.4 Å². The van der Waals surface area contributed by atoms with Crippen molar-refractivity contribution in [1.29, 1.82) is 0 Å². The van der Waals surface area contributed by atoms with E-state index >= 15 is 0 Å². The van der Waals surface area contributed by atoms with Crippen LogP contribution in [0.4, 0.5) is 11.4 Å². The molecule has 3 rings (SSSR count). The van der Waals surface area contributed by atoms with Crippen LogP contribution in [0, 0.1) is 5.41 Å². The van der Waals surface area contributed by atoms with Gasteiger partial charge in [0.25, 0.3) is 0 Å². The highest BCUT2D eigenvalue weighted by molar-refractivity contribution is 5.98. The molecule has 0 saturated heterocycles. The molecule has 1 aromatic carbocycles. The van der Waals surface area contributed by atoms with Crippen molar-refractivity contribution in [2.24, 2.45) is 5.41 Å². The summed E-state index contributed by atoms with van der Waals surface area (Å²) in [6.45, 7) is 1.45. The van der Waals surface area contributed by atoms with Crippen molar-refractivity contribution in [3.8, 4) is 0 Å². The maximum Gasteiger partial charge on any atom is 0.231 e. The zero-order valence-electron chi connectivity index (χ0n) is 14.6. The standard InChI is InChI=1S/C19H25N3O3/c1-13(23)20-14-4-8-16(9-5-14)22-18(25)19(10-2-3-11-19)12-17(24)21-15-6-7-15/h4-5,8-9,15H,2-3,6-7,10-12H2,1H3,(H,20,23)(H,21,24)(H,22,25). The quantitative estimate of drug-likeness (QED) is 0.742. The molecule has 0 spiro atoms. The maximum absolute atomic E-state index is 12.9. The summed E-state index contributed by atoms with van der Waals surface area (Å²) in [7, 11) is 0. The Labute approximate surface area is 147 Å². The lowest BCUT2D eigenvalue weighted by Crippen LogP contribution is -2.39. The Balaban J connectivity index is 1.63. The van der Waals surface area contributed by atoms with Crippen LogP contribution in [0.15, 0.2) is 24.3 Å². The molecule has 6 nitrogen and oxygen atoms in total. The molecule has 0 heterocycles. The zero-order valence-corrected chi connectivity index (χ0v) is 14.6. The molecular weight excluding hydrogens is 318 g/mol. The molecule has 0 radical (unpaired) electrons. The lowest BCUT2D eigenvalue weighted by molar-refractivity contribution is -0.132. The number of carbonyl (C=O) groups is 3. The second-order valence-corrected chi connectivity index (χ2v) is 7.22. The van der Waals surface area contributed by atoms with Gasteiger partial charge in [-0.1, -0.05) is 12.8 Å². The van der Waals surface area contributed by atoms with Crippen molar-refractivity contribution in [1.82, 2.24) is 5.32 Å². The zero-order chi connectivity index (χ0) is 17.9. The maximum atomic E-state index is 12.9. The molecule has 0 bridgehead atoms. The Kier molecular flexibility index (Phi) is 5.06. The summed E-state index contributed by atoms with van der Waals surface area (Å²) in [6, 6.07) is 7.33. The summed E-state index contributed by atoms with van der Waals surface area (Å²) in [5.41, 5.74) is 0.757. The molecule has 2 aliphatic rings. The smallest absolute Gasteiger partial charge is 0.231 e. The third kappa shape index (κ3) is 4.59. The van der Waals surface area contributed by atoms with Crippen molar-refractivity contribution in [2.75, 3.05) is 10.6 Å². The summed E-state index contributed by atoms with van der Waals surface area (Å²) < 4.78 is 0. The van der Waals surface area contributed by atoms with Crippen LogP contribution in [0.25, 0.3) is 0 Å². The summed E-state index contributed by atoms with van der Waals surface area (Å²) in [5.74, 6) is -0.229. The molecule has 6 heteroatoms. The van der Waals surface area contributed by atoms with E-state index in [0.29, 0.717) is 17.4 Å². The van der Waals surface area contributed by atoms with E-state index in [9.17, 15) is 14.4 Å². The second-order valence-electron chi connectivity index (χ2n) is 7.22. The van der Waals surface area contributed by atoms with Crippen molar-refractivity contribution in [3.05, 3.63) is 24.3 Å². The van der Waals surface area contributed by atoms with Gasteiger partial charge < -0.3 is 16.0 Å². The molecule has 2 saturated carbocycles. The monoisotopic (exact) mass is 343 g/mol. The average molecular weight is 343 g/mol. The molecule has 0 aromatic heterocycles. The van der Waals surface area contributed by atoms with E-state index in [2.05, 4.69) is 16.0 Å². The number of carbonyl (C=O) groups excluding carboxylic acids is 3. The van der Waals surface area contributed by atoms with Crippen LogP contribution in [0.5, 0.6) is 0 Å². The highest BCUT2D eigenvalue weighted by Crippen LogP contribution is 2.42. The average Bonchev–Trinajstić information content (AvgIpc) is 3.23. The lowest BCUT2D eigenvalue weighted by atomic mass is 9.81. The first-order valence-electron chi connectivity index (χ1n) is 8.95. The van der Waals surface area contributed by atoms with E-state index in [1.807, 2.05) is 0 Å². The molecule has 3 amide bonds. The van der Waals surface area contributed by atoms with Gasteiger partial charge in [-0.15, -0.1) is 0 Å². The first-order valence-corrected chi connectivity index (χ1v) is 8.95. The molecule has 3 N–H and O–H groups in total. The third-order valence-corrected chi connectivity index (χ3v) is 4.95. The first-order chi connectivity index (χ1) is 12.0. The fourth-order valence-corrected chi connectivity index (χ4v) is 3.45. The molecule has 0 aliphatic heterocycles. The Morgan fingerprint density at radius 1 is 1.00 bits per heavy atom. The van der Waals surface area contributed by atoms with Crippen LogP contribution >= 0.6 is 0 Å². The van der Waals surface area contributed by atoms with Gasteiger partial charge in [-0.25, -0.2) is 0 Å². The lowest BCUT2D eigenvalue weighted by Gasteiger charge is -2.27. The first kappa shape index (κ1) is 17.5. The van der Waals surface area contributed by atoms with Gasteiger partial charge in [-0.05, 0) is 49.9 Å². The Hall–Kier alpha value is -2.37. The highest BCUT2D eigenvalue weighted by Gasteiger charge is 2.43. The molecule has 1 aromatic rings. The van der Waals surface area contributed by atoms with Crippen molar-refractivity contribution < 1.29 is 14.4 Å². The van der Waals surface area contributed by atoms with Crippen LogP contribution in [0.3, 0.4) is 0 Å². The molecular formula is C19H25N3O3. The van der Waals surface area contributed by atoms with Gasteiger partial charge in [0.1, 0.15) is 0 Å². The minimum atomic E-state index is -0.602. The van der Waals surface area contributed by atoms with E-state index in [4.69, 9.17) is 0 Å². The fraction of sp³-hybridized carbons (Fsp3) is 0.526. The van der Waals surface area contributed by atoms with Gasteiger partial charge in [0.2, 0.25) is 17.7 Å². The van der Waals surface area contributed by atoms with Crippen molar-refractivity contribution in [3.63, 3.8) is 0 Å². The molecule has 0 atom stereocenters. The normalized spacial score (nSPS) is 18.4. The van der Waals surface area contributed by atoms with Crippen LogP contribution < -0.4 is 16.0 Å². The predicted molar refractivity (Wildman–Crippen MR) is 96.1 cm³/mol. The number of nitrogens with one attached hydrogen (secondary N) is 3. The van der Waals surface area contributed by atoms with E-state index in [1.54, 1.807) is 24.3 Å². The van der Waals surface area contributed by atoms with Crippen molar-refractivity contribution in [2.45, 2.75) is 57.9 Å². The summed E-state index contributed by atoms with van der Waals surface area (Å²) in [4.78, 5) is 36.2. The Morgan fingerprint density at radius 2 is 1.56 bits per heavy atom. The number of benzene rings is 1. The number of amides is 3. The summed E-state index contributed by atoms with van der Waals surface area (Å²) >= 11 is 0. The number of rotatable bonds is 6. The van der Waals surface area contributed by atoms with Crippen LogP contribution in [-0.4, -0.2) is 23.8 Å². The van der Waals surface area contributed by atoms with Gasteiger partial charge in [0.15, 0.2) is 0 Å². The van der Waals surface area contributed by atoms with Crippen LogP contribution in [0.2, 0.25) is 0 Å². The largest absolute Gasteiger partial charge is 0.353 e. The summed E-state index contributed by atoms with van der Waals surface area (Å²) in [5, 5.41) is 8.63. The van der Waals surface area contributed by atoms with E-state index in [1.165, 1.54) is 6.92 Å². The number of anilines is 2. The number of hydrogen-bond donors (Lipinski definition) is 3. The number of hydrogen-bond acceptors (Lipinski definition) is 3. The molecule has 2 fully saturated rings. The van der Waals surface area contributed by atoms with Gasteiger partial charge >= 0.3 is 0 Å². The third-order valence-electron chi connectivity index (χ3n) is 4.95. The topological polar surface area (TPSA) is 87.3 Å². The van der Waals surface area contributed by atoms with E-state index < -0.39 is 5.41 Å². The van der Waals surface area contributed by atoms with Crippen LogP contribution in [0.1, 0.15) is 51.9 Å². The molecule has 134 valence electrons. The van der Waals surface area contributed by atoms with E-state index in [0.717, 1.165) is 38.5 Å². The molecule has 2 aliphatic carbocycles. The summed E-state index contributed by atoms with van der Waals surface area (Å²) in [6.07, 6.45) is 5.81. The SMILES string of the molecule is CC(=O)Nc1ccc(NC(=O)C2(CC(=O)NC3CC3)CCCC2)cc1. The van der Waals surface area contributed by atoms with Gasteiger partial charge in [-0.3, -0.25) is 14.4 Å². The van der Waals surface area contributed by atoms with Crippen molar-refractivity contribution >= 4 is 29.1 Å². The van der Waals surface area contributed by atoms with E-state index in [-0.39, 0.29) is 24.1 Å². The fourth-order valence-electron chi connectivity index (χ4n) is 3.45. The predicted octanol–water partition coefficient (Wildman–Crippen LogP) is 2.81. The van der Waals surface area contributed by atoms with Gasteiger partial charge in [-0.2, -0.15) is 0 Å². The van der Waals surface area contributed by atoms with Gasteiger partial charge in [0, 0.05) is 30.8 Å².